The maximum absolute atomic E-state index is 17.1. The van der Waals surface area contributed by atoms with E-state index < -0.39 is 17.8 Å². The molecule has 2 aromatic carbocycles. The molecule has 2 atom stereocenters. The second-order valence-corrected chi connectivity index (χ2v) is 17.2. The Bertz CT molecular complexity index is 2140. The fourth-order valence-corrected chi connectivity index (χ4v) is 8.76. The van der Waals surface area contributed by atoms with E-state index in [0.717, 1.165) is 19.4 Å². The number of piperidine rings is 2. The summed E-state index contributed by atoms with van der Waals surface area (Å²) in [5, 5.41) is 15.4. The van der Waals surface area contributed by atoms with Crippen LogP contribution in [-0.2, 0) is 4.79 Å². The molecule has 1 aliphatic carbocycles. The van der Waals surface area contributed by atoms with E-state index in [-0.39, 0.29) is 68.3 Å². The molecule has 1 saturated carbocycles. The number of carbonyl (C=O) groups excluding carboxylic acids is 1. The minimum Gasteiger partial charge on any atom is -0.508 e. The lowest BCUT2D eigenvalue weighted by Crippen LogP contribution is -2.61. The normalized spacial score (nSPS) is 23.1. The molecular formula is C42H47F3N6O3. The lowest BCUT2D eigenvalue weighted by Gasteiger charge is -2.45. The zero-order valence-electron chi connectivity index (χ0n) is 31.1. The van der Waals surface area contributed by atoms with Gasteiger partial charge in [-0.25, -0.2) is 13.2 Å². The highest BCUT2D eigenvalue weighted by molar-refractivity contribution is 6.03. The number of alkyl halides is 1. The van der Waals surface area contributed by atoms with Gasteiger partial charge >= 0.3 is 6.01 Å². The van der Waals surface area contributed by atoms with E-state index in [2.05, 4.69) is 51.8 Å². The van der Waals surface area contributed by atoms with Gasteiger partial charge in [0.1, 0.15) is 40.6 Å². The van der Waals surface area contributed by atoms with Gasteiger partial charge in [-0.3, -0.25) is 9.78 Å². The molecule has 4 aromatic rings. The Labute approximate surface area is 313 Å². The predicted octanol–water partition coefficient (Wildman–Crippen LogP) is 6.97. The molecule has 0 spiro atoms. The van der Waals surface area contributed by atoms with Crippen LogP contribution >= 0.6 is 0 Å². The summed E-state index contributed by atoms with van der Waals surface area (Å²) < 4.78 is 52.2. The molecule has 4 fully saturated rings. The second-order valence-electron chi connectivity index (χ2n) is 17.2. The largest absolute Gasteiger partial charge is 0.508 e. The topological polar surface area (TPSA) is 104 Å². The second kappa shape index (κ2) is 14.0. The molecule has 4 aliphatic rings. The molecule has 0 radical (unpaired) electrons. The van der Waals surface area contributed by atoms with Gasteiger partial charge in [0.2, 0.25) is 0 Å². The molecule has 2 aromatic heterocycles. The highest BCUT2D eigenvalue weighted by Crippen LogP contribution is 2.47. The van der Waals surface area contributed by atoms with Gasteiger partial charge < -0.3 is 25.0 Å². The van der Waals surface area contributed by atoms with Crippen LogP contribution in [-0.4, -0.2) is 88.3 Å². The van der Waals surface area contributed by atoms with Gasteiger partial charge in [-0.2, -0.15) is 9.97 Å². The monoisotopic (exact) mass is 740 g/mol. The summed E-state index contributed by atoms with van der Waals surface area (Å²) in [6.45, 7) is 9.89. The Balaban J connectivity index is 1.16. The first kappa shape index (κ1) is 36.5. The highest BCUT2D eigenvalue weighted by Gasteiger charge is 2.46. The third-order valence-corrected chi connectivity index (χ3v) is 11.6. The number of hydrogen-bond acceptors (Lipinski definition) is 9. The van der Waals surface area contributed by atoms with Crippen LogP contribution in [0.1, 0.15) is 71.3 Å². The molecule has 2 N–H and O–H groups in total. The highest BCUT2D eigenvalue weighted by atomic mass is 19.1. The van der Waals surface area contributed by atoms with Gasteiger partial charge in [-0.1, -0.05) is 32.8 Å². The number of Topliss-reactive ketones (excluding diaryl/α,β-unsaturated/α-hetero) is 1. The number of fused-ring (bicyclic) bond motifs is 4. The third kappa shape index (κ3) is 7.32. The van der Waals surface area contributed by atoms with Crippen molar-refractivity contribution in [3.8, 4) is 35.4 Å². The van der Waals surface area contributed by atoms with Crippen LogP contribution in [0.4, 0.5) is 19.0 Å². The van der Waals surface area contributed by atoms with Crippen LogP contribution in [0.3, 0.4) is 0 Å². The van der Waals surface area contributed by atoms with E-state index in [1.165, 1.54) is 30.5 Å². The fourth-order valence-electron chi connectivity index (χ4n) is 8.76. The number of piperazine rings is 1. The SMILES string of the molecule is C#Cc1c(F)ccc2cc(O)cc(-c3ncc4c(N5CC6CC(C(=O)CC(C)(C)C)CC(C5)N6)nc(OCC5(CN6CCC(F)CC6)CC5)nc4c3F)c12. The maximum atomic E-state index is 17.1. The minimum absolute atomic E-state index is 0.0213. The van der Waals surface area contributed by atoms with Crippen LogP contribution in [0, 0.1) is 40.7 Å². The molecule has 54 heavy (non-hydrogen) atoms. The molecule has 284 valence electrons. The number of ether oxygens (including phenoxy) is 1. The van der Waals surface area contributed by atoms with Crippen LogP contribution in [0.25, 0.3) is 32.9 Å². The lowest BCUT2D eigenvalue weighted by molar-refractivity contribution is -0.126. The molecule has 5 heterocycles. The van der Waals surface area contributed by atoms with E-state index in [0.29, 0.717) is 87.3 Å². The number of nitrogens with zero attached hydrogens (tertiary/aromatic N) is 5. The van der Waals surface area contributed by atoms with Crippen molar-refractivity contribution in [1.29, 1.82) is 0 Å². The van der Waals surface area contributed by atoms with Crippen LogP contribution in [0.15, 0.2) is 30.5 Å². The summed E-state index contributed by atoms with van der Waals surface area (Å²) in [4.78, 5) is 31.8. The van der Waals surface area contributed by atoms with E-state index in [4.69, 9.17) is 16.1 Å². The minimum atomic E-state index is -0.779. The van der Waals surface area contributed by atoms with E-state index in [9.17, 15) is 18.7 Å². The summed E-state index contributed by atoms with van der Waals surface area (Å²) in [6.07, 6.45) is 11.4. The van der Waals surface area contributed by atoms with Crippen LogP contribution < -0.4 is 15.0 Å². The number of carbonyl (C=O) groups is 1. The van der Waals surface area contributed by atoms with Crippen molar-refractivity contribution in [1.82, 2.24) is 25.2 Å². The fraction of sp³-hybridized carbons (Fsp3) is 0.524. The molecule has 12 heteroatoms. The number of aromatic nitrogens is 3. The molecule has 2 bridgehead atoms. The number of halogens is 3. The predicted molar refractivity (Wildman–Crippen MR) is 202 cm³/mol. The van der Waals surface area contributed by atoms with E-state index in [1.54, 1.807) is 0 Å². The third-order valence-electron chi connectivity index (χ3n) is 11.6. The zero-order chi connectivity index (χ0) is 37.9. The summed E-state index contributed by atoms with van der Waals surface area (Å²) in [5.74, 6) is 1.56. The first-order chi connectivity index (χ1) is 25.8. The molecular weight excluding hydrogens is 693 g/mol. The van der Waals surface area contributed by atoms with E-state index in [1.807, 2.05) is 0 Å². The van der Waals surface area contributed by atoms with Crippen LogP contribution in [0.2, 0.25) is 0 Å². The van der Waals surface area contributed by atoms with Crippen LogP contribution in [0.5, 0.6) is 11.8 Å². The number of likely N-dealkylation sites (tertiary alicyclic amines) is 1. The number of anilines is 1. The van der Waals surface area contributed by atoms with Gasteiger partial charge in [0.05, 0.1) is 17.6 Å². The Kier molecular flexibility index (Phi) is 9.46. The van der Waals surface area contributed by atoms with E-state index >= 15 is 4.39 Å². The number of hydrogen-bond donors (Lipinski definition) is 2. The average Bonchev–Trinajstić information content (AvgIpc) is 3.89. The number of nitrogens with one attached hydrogen (secondary N) is 1. The summed E-state index contributed by atoms with van der Waals surface area (Å²) >= 11 is 0. The first-order valence-corrected chi connectivity index (χ1v) is 19.1. The number of aromatic hydroxyl groups is 1. The Morgan fingerprint density at radius 3 is 2.50 bits per heavy atom. The Morgan fingerprint density at radius 2 is 1.83 bits per heavy atom. The van der Waals surface area contributed by atoms with Crippen molar-refractivity contribution in [2.45, 2.75) is 84.0 Å². The Morgan fingerprint density at radius 1 is 1.11 bits per heavy atom. The summed E-state index contributed by atoms with van der Waals surface area (Å²) in [7, 11) is 0. The number of terminal acetylenes is 1. The van der Waals surface area contributed by atoms with Crippen molar-refractivity contribution < 1.29 is 27.8 Å². The number of ketones is 1. The Hall–Kier alpha value is -4.47. The number of phenols is 1. The standard InChI is InChI=1S/C42H47F3N6O3/c1-5-30-33(44)7-6-24-16-29(52)17-31(35(24)30)37-36(45)38-32(19-46-37)39(51-20-27-14-25(15-28(21-51)47-27)34(53)18-41(2,3)4)49-40(48-38)54-23-42(10-11-42)22-50-12-8-26(43)9-13-50/h1,6-7,16-17,19,25-28,47,52H,8-15,18,20-23H2,2-4H3. The zero-order valence-corrected chi connectivity index (χ0v) is 31.1. The van der Waals surface area contributed by atoms with Crippen molar-refractivity contribution in [3.63, 3.8) is 0 Å². The van der Waals surface area contributed by atoms with Crippen molar-refractivity contribution in [2.75, 3.05) is 44.2 Å². The number of benzene rings is 2. The number of rotatable bonds is 9. The van der Waals surface area contributed by atoms with Crippen molar-refractivity contribution >= 4 is 33.3 Å². The quantitative estimate of drug-likeness (QED) is 0.176. The molecule has 9 nitrogen and oxygen atoms in total. The molecule has 3 saturated heterocycles. The molecule has 8 rings (SSSR count). The maximum Gasteiger partial charge on any atom is 0.319 e. The van der Waals surface area contributed by atoms with Gasteiger partial charge in [0.25, 0.3) is 0 Å². The van der Waals surface area contributed by atoms with Crippen molar-refractivity contribution in [2.24, 2.45) is 16.7 Å². The molecule has 0 amide bonds. The van der Waals surface area contributed by atoms with Gasteiger partial charge in [-0.15, -0.1) is 6.42 Å². The van der Waals surface area contributed by atoms with Gasteiger partial charge in [0.15, 0.2) is 5.82 Å². The van der Waals surface area contributed by atoms with Gasteiger partial charge in [-0.05, 0) is 67.5 Å². The summed E-state index contributed by atoms with van der Waals surface area (Å²) in [6, 6.07) is 5.55. The molecule has 2 unspecified atom stereocenters. The molecule has 3 aliphatic heterocycles. The van der Waals surface area contributed by atoms with Gasteiger partial charge in [0, 0.05) is 79.7 Å². The lowest BCUT2D eigenvalue weighted by atomic mass is 9.78. The first-order valence-electron chi connectivity index (χ1n) is 19.1. The number of phenolic OH excluding ortho intramolecular Hbond substituents is 1. The van der Waals surface area contributed by atoms with Crippen molar-refractivity contribution in [3.05, 3.63) is 47.7 Å². The summed E-state index contributed by atoms with van der Waals surface area (Å²) in [5.41, 5.74) is -0.286. The number of pyridine rings is 1. The smallest absolute Gasteiger partial charge is 0.319 e. The average molecular weight is 741 g/mol.